The Labute approximate surface area is 158 Å². The smallest absolute Gasteiger partial charge is 0.223 e. The van der Waals surface area contributed by atoms with Crippen LogP contribution in [0.15, 0.2) is 12.1 Å². The Hall–Kier alpha value is -2.77. The average molecular weight is 370 g/mol. The number of nitrogens with zero attached hydrogens (tertiary/aromatic N) is 4. The third-order valence-electron chi connectivity index (χ3n) is 5.17. The minimum absolute atomic E-state index is 0.0330. The van der Waals surface area contributed by atoms with E-state index in [4.69, 9.17) is 0 Å². The fourth-order valence-corrected chi connectivity index (χ4v) is 3.20. The molecule has 0 aliphatic heterocycles. The molecule has 1 saturated carbocycles. The first-order chi connectivity index (χ1) is 13.0. The third kappa shape index (κ3) is 4.50. The summed E-state index contributed by atoms with van der Waals surface area (Å²) in [5.41, 5.74) is 3.18. The zero-order valence-corrected chi connectivity index (χ0v) is 16.1. The SMILES string of the molecule is Cc1nn(-c2ccc(NCCNC(=O)C3CCC(=O)CC3)nn2)c(C)c1C. The van der Waals surface area contributed by atoms with Crippen LogP contribution in [0.1, 0.15) is 42.6 Å². The Morgan fingerprint density at radius 2 is 1.89 bits per heavy atom. The molecule has 8 heteroatoms. The van der Waals surface area contributed by atoms with Crippen LogP contribution >= 0.6 is 0 Å². The Bertz CT molecular complexity index is 817. The molecule has 1 fully saturated rings. The first-order valence-corrected chi connectivity index (χ1v) is 9.36. The molecule has 0 unspecified atom stereocenters. The van der Waals surface area contributed by atoms with Gasteiger partial charge in [-0.3, -0.25) is 9.59 Å². The normalized spacial score (nSPS) is 15.0. The Balaban J connectivity index is 1.46. The Morgan fingerprint density at radius 3 is 2.48 bits per heavy atom. The summed E-state index contributed by atoms with van der Waals surface area (Å²) in [5, 5.41) is 18.9. The quantitative estimate of drug-likeness (QED) is 0.753. The standard InChI is InChI=1S/C19H26N6O2/c1-12-13(2)24-25(14(12)3)18-9-8-17(22-23-18)20-10-11-21-19(27)15-4-6-16(26)7-5-15/h8-9,15H,4-7,10-11H2,1-3H3,(H,20,22)(H,21,27). The van der Waals surface area contributed by atoms with Crippen LogP contribution in [0.4, 0.5) is 5.82 Å². The van der Waals surface area contributed by atoms with E-state index in [1.165, 1.54) is 0 Å². The van der Waals surface area contributed by atoms with Gasteiger partial charge in [0.25, 0.3) is 0 Å². The maximum absolute atomic E-state index is 12.1. The third-order valence-corrected chi connectivity index (χ3v) is 5.17. The number of anilines is 1. The van der Waals surface area contributed by atoms with Gasteiger partial charge in [-0.1, -0.05) is 0 Å². The second-order valence-corrected chi connectivity index (χ2v) is 7.02. The van der Waals surface area contributed by atoms with Crippen LogP contribution in [0.3, 0.4) is 0 Å². The highest BCUT2D eigenvalue weighted by Crippen LogP contribution is 2.21. The highest BCUT2D eigenvalue weighted by molar-refractivity contribution is 5.84. The van der Waals surface area contributed by atoms with E-state index in [9.17, 15) is 9.59 Å². The fraction of sp³-hybridized carbons (Fsp3) is 0.526. The second-order valence-electron chi connectivity index (χ2n) is 7.02. The van der Waals surface area contributed by atoms with Crippen molar-refractivity contribution < 1.29 is 9.59 Å². The van der Waals surface area contributed by atoms with Crippen molar-refractivity contribution in [3.63, 3.8) is 0 Å². The van der Waals surface area contributed by atoms with E-state index in [1.54, 1.807) is 4.68 Å². The van der Waals surface area contributed by atoms with E-state index < -0.39 is 0 Å². The molecule has 0 spiro atoms. The molecule has 2 aromatic heterocycles. The van der Waals surface area contributed by atoms with Crippen LogP contribution in [0.2, 0.25) is 0 Å². The van der Waals surface area contributed by atoms with Gasteiger partial charge in [-0.2, -0.15) is 5.10 Å². The number of ketones is 1. The molecule has 144 valence electrons. The topological polar surface area (TPSA) is 102 Å². The summed E-state index contributed by atoms with van der Waals surface area (Å²) in [4.78, 5) is 23.3. The van der Waals surface area contributed by atoms with Crippen molar-refractivity contribution in [3.05, 3.63) is 29.1 Å². The average Bonchev–Trinajstić information content (AvgIpc) is 2.93. The van der Waals surface area contributed by atoms with Crippen molar-refractivity contribution in [2.24, 2.45) is 5.92 Å². The van der Waals surface area contributed by atoms with Gasteiger partial charge in [-0.25, -0.2) is 4.68 Å². The first kappa shape index (κ1) is 19.0. The molecule has 2 heterocycles. The Kier molecular flexibility index (Phi) is 5.83. The van der Waals surface area contributed by atoms with E-state index in [1.807, 2.05) is 32.9 Å². The number of aryl methyl sites for hydroxylation is 1. The zero-order valence-electron chi connectivity index (χ0n) is 16.1. The summed E-state index contributed by atoms with van der Waals surface area (Å²) >= 11 is 0. The lowest BCUT2D eigenvalue weighted by Gasteiger charge is -2.20. The minimum Gasteiger partial charge on any atom is -0.367 e. The number of rotatable bonds is 6. The summed E-state index contributed by atoms with van der Waals surface area (Å²) in [6.45, 7) is 7.08. The summed E-state index contributed by atoms with van der Waals surface area (Å²) in [7, 11) is 0. The Morgan fingerprint density at radius 1 is 1.15 bits per heavy atom. The van der Waals surface area contributed by atoms with E-state index in [2.05, 4.69) is 25.9 Å². The number of Topliss-reactive ketones (excluding diaryl/α,β-unsaturated/α-hetero) is 1. The van der Waals surface area contributed by atoms with Crippen molar-refractivity contribution in [3.8, 4) is 5.82 Å². The largest absolute Gasteiger partial charge is 0.367 e. The summed E-state index contributed by atoms with van der Waals surface area (Å²) < 4.78 is 1.79. The van der Waals surface area contributed by atoms with Crippen LogP contribution in [-0.2, 0) is 9.59 Å². The van der Waals surface area contributed by atoms with Crippen molar-refractivity contribution >= 4 is 17.5 Å². The number of carbonyl (C=O) groups is 2. The van der Waals surface area contributed by atoms with Crippen LogP contribution in [0.5, 0.6) is 0 Å². The van der Waals surface area contributed by atoms with Crippen molar-refractivity contribution in [2.75, 3.05) is 18.4 Å². The molecule has 0 bridgehead atoms. The maximum Gasteiger partial charge on any atom is 0.223 e. The van der Waals surface area contributed by atoms with Crippen LogP contribution in [-0.4, -0.2) is 44.8 Å². The predicted octanol–water partition coefficient (Wildman–Crippen LogP) is 1.87. The highest BCUT2D eigenvalue weighted by Gasteiger charge is 2.24. The number of carbonyl (C=O) groups excluding carboxylic acids is 2. The molecule has 0 radical (unpaired) electrons. The molecule has 0 saturated heterocycles. The molecule has 2 N–H and O–H groups in total. The predicted molar refractivity (Wildman–Crippen MR) is 102 cm³/mol. The van der Waals surface area contributed by atoms with Crippen molar-refractivity contribution in [1.29, 1.82) is 0 Å². The zero-order chi connectivity index (χ0) is 19.4. The molecule has 0 atom stereocenters. The summed E-state index contributed by atoms with van der Waals surface area (Å²) in [6.07, 6.45) is 2.37. The maximum atomic E-state index is 12.1. The molecule has 1 aliphatic rings. The number of amides is 1. The van der Waals surface area contributed by atoms with Crippen molar-refractivity contribution in [1.82, 2.24) is 25.3 Å². The van der Waals surface area contributed by atoms with Gasteiger partial charge in [0.15, 0.2) is 5.82 Å². The molecule has 8 nitrogen and oxygen atoms in total. The first-order valence-electron chi connectivity index (χ1n) is 9.36. The lowest BCUT2D eigenvalue weighted by atomic mass is 9.88. The second kappa shape index (κ2) is 8.28. The number of aromatic nitrogens is 4. The minimum atomic E-state index is -0.0361. The monoisotopic (exact) mass is 370 g/mol. The van der Waals surface area contributed by atoms with Crippen molar-refractivity contribution in [2.45, 2.75) is 46.5 Å². The molecule has 3 rings (SSSR count). The van der Waals surface area contributed by atoms with E-state index >= 15 is 0 Å². The van der Waals surface area contributed by atoms with Crippen LogP contribution in [0, 0.1) is 26.7 Å². The number of nitrogens with one attached hydrogen (secondary N) is 2. The fourth-order valence-electron chi connectivity index (χ4n) is 3.20. The summed E-state index contributed by atoms with van der Waals surface area (Å²) in [5.74, 6) is 1.58. The van der Waals surface area contributed by atoms with Gasteiger partial charge in [0, 0.05) is 37.5 Å². The molecule has 1 aliphatic carbocycles. The van der Waals surface area contributed by atoms with Gasteiger partial charge in [-0.15, -0.1) is 10.2 Å². The van der Waals surface area contributed by atoms with Gasteiger partial charge in [0.2, 0.25) is 5.91 Å². The van der Waals surface area contributed by atoms with E-state index in [0.717, 1.165) is 17.0 Å². The molecule has 0 aromatic carbocycles. The van der Waals surface area contributed by atoms with Gasteiger partial charge in [-0.05, 0) is 51.3 Å². The van der Waals surface area contributed by atoms with Gasteiger partial charge in [0.1, 0.15) is 11.6 Å². The molecular weight excluding hydrogens is 344 g/mol. The summed E-state index contributed by atoms with van der Waals surface area (Å²) in [6, 6.07) is 3.72. The molecule has 27 heavy (non-hydrogen) atoms. The molecule has 1 amide bonds. The lowest BCUT2D eigenvalue weighted by molar-refractivity contribution is -0.128. The number of hydrogen-bond acceptors (Lipinski definition) is 6. The van der Waals surface area contributed by atoms with Crippen LogP contribution < -0.4 is 10.6 Å². The van der Waals surface area contributed by atoms with Gasteiger partial charge in [0.05, 0.1) is 5.69 Å². The van der Waals surface area contributed by atoms with Crippen LogP contribution in [0.25, 0.3) is 5.82 Å². The highest BCUT2D eigenvalue weighted by atomic mass is 16.2. The van der Waals surface area contributed by atoms with E-state index in [0.29, 0.717) is 50.4 Å². The lowest BCUT2D eigenvalue weighted by Crippen LogP contribution is -2.36. The number of hydrogen-bond donors (Lipinski definition) is 2. The van der Waals surface area contributed by atoms with Gasteiger partial charge < -0.3 is 10.6 Å². The van der Waals surface area contributed by atoms with E-state index in [-0.39, 0.29) is 17.6 Å². The molecule has 2 aromatic rings. The molecular formula is C19H26N6O2. The van der Waals surface area contributed by atoms with Gasteiger partial charge >= 0.3 is 0 Å².